The fourth-order valence-corrected chi connectivity index (χ4v) is 1.73. The minimum Gasteiger partial charge on any atom is -0.508 e. The van der Waals surface area contributed by atoms with Crippen LogP contribution in [0.4, 0.5) is 0 Å². The third kappa shape index (κ3) is 2.85. The number of hydrogen-bond acceptors (Lipinski definition) is 3. The predicted molar refractivity (Wildman–Crippen MR) is 66.6 cm³/mol. The molecule has 0 spiro atoms. The maximum absolute atomic E-state index is 9.34. The summed E-state index contributed by atoms with van der Waals surface area (Å²) in [6.07, 6.45) is 1.88. The van der Waals surface area contributed by atoms with Crippen molar-refractivity contribution in [1.29, 1.82) is 0 Å². The number of aryl methyl sites for hydroxylation is 1. The van der Waals surface area contributed by atoms with Crippen LogP contribution in [0, 0.1) is 6.92 Å². The van der Waals surface area contributed by atoms with Gasteiger partial charge in [-0.25, -0.2) is 0 Å². The molecule has 1 aromatic carbocycles. The van der Waals surface area contributed by atoms with E-state index < -0.39 is 0 Å². The largest absolute Gasteiger partial charge is 0.508 e. The van der Waals surface area contributed by atoms with Crippen LogP contribution in [-0.2, 0) is 20.1 Å². The molecule has 4 heteroatoms. The van der Waals surface area contributed by atoms with Crippen LogP contribution in [0.15, 0.2) is 30.5 Å². The van der Waals surface area contributed by atoms with Gasteiger partial charge in [0.05, 0.1) is 6.20 Å². The summed E-state index contributed by atoms with van der Waals surface area (Å²) in [4.78, 5) is 0. The highest BCUT2D eigenvalue weighted by atomic mass is 16.3. The van der Waals surface area contributed by atoms with Crippen molar-refractivity contribution in [3.8, 4) is 5.75 Å². The number of hydrogen-bond donors (Lipinski definition) is 2. The molecule has 0 aliphatic heterocycles. The molecule has 0 saturated heterocycles. The maximum atomic E-state index is 9.34. The number of phenolic OH excluding ortho intramolecular Hbond substituents is 1. The average Bonchev–Trinajstić information content (AvgIpc) is 2.61. The lowest BCUT2D eigenvalue weighted by molar-refractivity contribution is 0.474. The molecule has 0 unspecified atom stereocenters. The van der Waals surface area contributed by atoms with Crippen LogP contribution in [0.25, 0.3) is 0 Å². The Labute approximate surface area is 101 Å². The first kappa shape index (κ1) is 11.7. The molecule has 0 fully saturated rings. The molecule has 17 heavy (non-hydrogen) atoms. The summed E-state index contributed by atoms with van der Waals surface area (Å²) in [5.74, 6) is 0.307. The molecule has 4 nitrogen and oxygen atoms in total. The smallest absolute Gasteiger partial charge is 0.115 e. The van der Waals surface area contributed by atoms with E-state index in [1.165, 1.54) is 11.3 Å². The fourth-order valence-electron chi connectivity index (χ4n) is 1.73. The highest BCUT2D eigenvalue weighted by molar-refractivity contribution is 5.27. The Morgan fingerprint density at radius 2 is 2.18 bits per heavy atom. The molecule has 0 aliphatic rings. The summed E-state index contributed by atoms with van der Waals surface area (Å²) in [6.45, 7) is 3.58. The molecule has 1 aromatic heterocycles. The maximum Gasteiger partial charge on any atom is 0.115 e. The van der Waals surface area contributed by atoms with Gasteiger partial charge in [0.1, 0.15) is 5.75 Å². The number of rotatable bonds is 4. The lowest BCUT2D eigenvalue weighted by atomic mass is 10.2. The van der Waals surface area contributed by atoms with E-state index in [1.54, 1.807) is 12.1 Å². The molecule has 0 radical (unpaired) electrons. The van der Waals surface area contributed by atoms with E-state index in [4.69, 9.17) is 0 Å². The summed E-state index contributed by atoms with van der Waals surface area (Å²) in [6, 6.07) is 7.28. The molecule has 1 heterocycles. The Morgan fingerprint density at radius 3 is 2.82 bits per heavy atom. The number of aromatic nitrogens is 2. The van der Waals surface area contributed by atoms with Crippen molar-refractivity contribution >= 4 is 0 Å². The summed E-state index contributed by atoms with van der Waals surface area (Å²) in [5, 5.41) is 16.9. The zero-order chi connectivity index (χ0) is 12.3. The number of aromatic hydroxyl groups is 1. The van der Waals surface area contributed by atoms with E-state index in [-0.39, 0.29) is 0 Å². The molecule has 2 rings (SSSR count). The second kappa shape index (κ2) is 5.01. The number of nitrogens with zero attached hydrogens (tertiary/aromatic N) is 2. The fraction of sp³-hybridized carbons (Fsp3) is 0.308. The van der Waals surface area contributed by atoms with Crippen molar-refractivity contribution in [3.63, 3.8) is 0 Å². The SMILES string of the molecule is Cc1c(CNCc2cccc(O)c2)cnn1C. The van der Waals surface area contributed by atoms with Crippen molar-refractivity contribution in [2.45, 2.75) is 20.0 Å². The van der Waals surface area contributed by atoms with E-state index >= 15 is 0 Å². The first-order valence-corrected chi connectivity index (χ1v) is 5.63. The highest BCUT2D eigenvalue weighted by Crippen LogP contribution is 2.11. The monoisotopic (exact) mass is 231 g/mol. The second-order valence-electron chi connectivity index (χ2n) is 4.15. The normalized spacial score (nSPS) is 10.7. The lowest BCUT2D eigenvalue weighted by Gasteiger charge is -2.05. The highest BCUT2D eigenvalue weighted by Gasteiger charge is 2.02. The van der Waals surface area contributed by atoms with Gasteiger partial charge in [0.15, 0.2) is 0 Å². The molecular formula is C13H17N3O. The second-order valence-corrected chi connectivity index (χ2v) is 4.15. The first-order valence-electron chi connectivity index (χ1n) is 5.63. The molecule has 0 saturated carbocycles. The van der Waals surface area contributed by atoms with E-state index in [2.05, 4.69) is 17.3 Å². The zero-order valence-corrected chi connectivity index (χ0v) is 10.1. The van der Waals surface area contributed by atoms with Crippen molar-refractivity contribution in [1.82, 2.24) is 15.1 Å². The minimum absolute atomic E-state index is 0.307. The quantitative estimate of drug-likeness (QED) is 0.842. The van der Waals surface area contributed by atoms with Gasteiger partial charge in [-0.15, -0.1) is 0 Å². The van der Waals surface area contributed by atoms with Crippen molar-refractivity contribution in [2.24, 2.45) is 7.05 Å². The molecular weight excluding hydrogens is 214 g/mol. The average molecular weight is 231 g/mol. The van der Waals surface area contributed by atoms with Crippen LogP contribution in [0.3, 0.4) is 0 Å². The third-order valence-electron chi connectivity index (χ3n) is 2.89. The predicted octanol–water partition coefficient (Wildman–Crippen LogP) is 1.72. The lowest BCUT2D eigenvalue weighted by Crippen LogP contribution is -2.13. The number of nitrogens with one attached hydrogen (secondary N) is 1. The van der Waals surface area contributed by atoms with Gasteiger partial charge >= 0.3 is 0 Å². The van der Waals surface area contributed by atoms with Gasteiger partial charge < -0.3 is 10.4 Å². The van der Waals surface area contributed by atoms with Gasteiger partial charge in [-0.3, -0.25) is 4.68 Å². The van der Waals surface area contributed by atoms with Crippen molar-refractivity contribution < 1.29 is 5.11 Å². The number of phenols is 1. The molecule has 0 bridgehead atoms. The molecule has 90 valence electrons. The molecule has 2 aromatic rings. The summed E-state index contributed by atoms with van der Waals surface area (Å²) >= 11 is 0. The first-order chi connectivity index (χ1) is 8.16. The van der Waals surface area contributed by atoms with Crippen LogP contribution in [0.2, 0.25) is 0 Å². The van der Waals surface area contributed by atoms with Crippen LogP contribution in [0.5, 0.6) is 5.75 Å². The van der Waals surface area contributed by atoms with Gasteiger partial charge in [0.2, 0.25) is 0 Å². The third-order valence-corrected chi connectivity index (χ3v) is 2.89. The van der Waals surface area contributed by atoms with Gasteiger partial charge in [-0.2, -0.15) is 5.10 Å². The molecule has 0 atom stereocenters. The topological polar surface area (TPSA) is 50.1 Å². The number of benzene rings is 1. The van der Waals surface area contributed by atoms with E-state index in [9.17, 15) is 5.11 Å². The Hall–Kier alpha value is -1.81. The van der Waals surface area contributed by atoms with Gasteiger partial charge in [-0.05, 0) is 24.6 Å². The van der Waals surface area contributed by atoms with Gasteiger partial charge in [0.25, 0.3) is 0 Å². The zero-order valence-electron chi connectivity index (χ0n) is 10.1. The van der Waals surface area contributed by atoms with E-state index in [0.717, 1.165) is 18.7 Å². The molecule has 2 N–H and O–H groups in total. The Morgan fingerprint density at radius 1 is 1.35 bits per heavy atom. The Kier molecular flexibility index (Phi) is 3.44. The van der Waals surface area contributed by atoms with Crippen LogP contribution in [-0.4, -0.2) is 14.9 Å². The standard InChI is InChI=1S/C13H17N3O/c1-10-12(9-15-16(10)2)8-14-7-11-4-3-5-13(17)6-11/h3-6,9,14,17H,7-8H2,1-2H3. The van der Waals surface area contributed by atoms with E-state index in [1.807, 2.05) is 30.1 Å². The van der Waals surface area contributed by atoms with Gasteiger partial charge in [0, 0.05) is 31.4 Å². The van der Waals surface area contributed by atoms with Crippen LogP contribution < -0.4 is 5.32 Å². The van der Waals surface area contributed by atoms with Crippen LogP contribution >= 0.6 is 0 Å². The molecule has 0 amide bonds. The van der Waals surface area contributed by atoms with E-state index in [0.29, 0.717) is 5.75 Å². The summed E-state index contributed by atoms with van der Waals surface area (Å²) in [7, 11) is 1.94. The summed E-state index contributed by atoms with van der Waals surface area (Å²) in [5.41, 5.74) is 3.45. The Bertz CT molecular complexity index is 505. The van der Waals surface area contributed by atoms with Crippen LogP contribution in [0.1, 0.15) is 16.8 Å². The summed E-state index contributed by atoms with van der Waals surface area (Å²) < 4.78 is 1.87. The van der Waals surface area contributed by atoms with Crippen molar-refractivity contribution in [2.75, 3.05) is 0 Å². The molecule has 0 aliphatic carbocycles. The Balaban J connectivity index is 1.90. The van der Waals surface area contributed by atoms with Gasteiger partial charge in [-0.1, -0.05) is 12.1 Å². The van der Waals surface area contributed by atoms with Crippen molar-refractivity contribution in [3.05, 3.63) is 47.3 Å². The minimum atomic E-state index is 0.307.